The molecule has 1 heterocycles. The van der Waals surface area contributed by atoms with Crippen LogP contribution in [0.1, 0.15) is 0 Å². The number of primary amides is 1. The molecular formula is C4H4IN3O2. The van der Waals surface area contributed by atoms with Gasteiger partial charge < -0.3 is 5.73 Å². The second-order valence-corrected chi connectivity index (χ2v) is 2.72. The van der Waals surface area contributed by atoms with Gasteiger partial charge in [0.2, 0.25) is 0 Å². The third kappa shape index (κ3) is 1.87. The van der Waals surface area contributed by atoms with Crippen molar-refractivity contribution in [3.63, 3.8) is 0 Å². The van der Waals surface area contributed by atoms with Crippen LogP contribution in [-0.2, 0) is 0 Å². The predicted octanol–water partition coefficient (Wildman–Crippen LogP) is -0.00500. The second kappa shape index (κ2) is 2.86. The highest BCUT2D eigenvalue weighted by Gasteiger charge is 1.97. The molecule has 0 aliphatic rings. The van der Waals surface area contributed by atoms with Gasteiger partial charge in [-0.15, -0.1) is 5.10 Å². The monoisotopic (exact) mass is 253 g/mol. The topological polar surface area (TPSA) is 70.1 Å². The Morgan fingerprint density at radius 1 is 1.90 bits per heavy atom. The van der Waals surface area contributed by atoms with Crippen molar-refractivity contribution in [2.75, 3.05) is 0 Å². The van der Waals surface area contributed by atoms with E-state index < -0.39 is 6.09 Å². The number of hydrogen-bond acceptors (Lipinski definition) is 3. The van der Waals surface area contributed by atoms with Crippen LogP contribution in [0.4, 0.5) is 4.79 Å². The lowest BCUT2D eigenvalue weighted by atomic mass is 10.8. The van der Waals surface area contributed by atoms with Gasteiger partial charge in [-0.1, -0.05) is 4.85 Å². The molecule has 5 nitrogen and oxygen atoms in total. The fourth-order valence-corrected chi connectivity index (χ4v) is 0.789. The number of rotatable bonds is 1. The zero-order valence-corrected chi connectivity index (χ0v) is 6.98. The van der Waals surface area contributed by atoms with Crippen LogP contribution in [0.3, 0.4) is 0 Å². The first-order valence-corrected chi connectivity index (χ1v) is 3.44. The van der Waals surface area contributed by atoms with Gasteiger partial charge in [0.05, 0.1) is 16.0 Å². The van der Waals surface area contributed by atoms with E-state index in [4.69, 9.17) is 5.73 Å². The minimum atomic E-state index is -0.875. The molecule has 0 aliphatic carbocycles. The molecule has 1 aromatic rings. The van der Waals surface area contributed by atoms with E-state index in [-0.39, 0.29) is 0 Å². The highest BCUT2D eigenvalue weighted by Crippen LogP contribution is 1.98. The van der Waals surface area contributed by atoms with Crippen LogP contribution in [0.25, 0.3) is 0 Å². The Balaban J connectivity index is 2.67. The Morgan fingerprint density at radius 2 is 2.60 bits per heavy atom. The largest absolute Gasteiger partial charge is 0.430 e. The normalized spacial score (nSPS) is 9.30. The lowest BCUT2D eigenvalue weighted by Crippen LogP contribution is -2.25. The summed E-state index contributed by atoms with van der Waals surface area (Å²) >= 11 is 2.03. The Labute approximate surface area is 70.2 Å². The van der Waals surface area contributed by atoms with E-state index in [9.17, 15) is 4.79 Å². The molecule has 0 saturated heterocycles. The first-order valence-electron chi connectivity index (χ1n) is 2.36. The summed E-state index contributed by atoms with van der Waals surface area (Å²) in [6, 6.07) is 0. The van der Waals surface area contributed by atoms with Crippen LogP contribution >= 0.6 is 22.6 Å². The van der Waals surface area contributed by atoms with Crippen LogP contribution in [0, 0.1) is 3.57 Å². The summed E-state index contributed by atoms with van der Waals surface area (Å²) in [5, 5.41) is 3.64. The average Bonchev–Trinajstić information content (AvgIpc) is 2.13. The van der Waals surface area contributed by atoms with Crippen LogP contribution in [0.5, 0.6) is 0 Å². The van der Waals surface area contributed by atoms with Gasteiger partial charge in [-0.25, -0.2) is 4.79 Å². The van der Waals surface area contributed by atoms with Gasteiger partial charge in [0, 0.05) is 0 Å². The minimum absolute atomic E-state index is 0.874. The maximum atomic E-state index is 10.1. The molecule has 10 heavy (non-hydrogen) atoms. The van der Waals surface area contributed by atoms with E-state index in [0.717, 1.165) is 8.42 Å². The zero-order chi connectivity index (χ0) is 7.56. The molecule has 1 rings (SSSR count). The van der Waals surface area contributed by atoms with Gasteiger partial charge in [0.1, 0.15) is 0 Å². The maximum absolute atomic E-state index is 10.1. The number of carbonyl (C=O) groups excluding carboxylic acids is 1. The minimum Gasteiger partial charge on any atom is -0.333 e. The van der Waals surface area contributed by atoms with Gasteiger partial charge >= 0.3 is 6.09 Å². The molecule has 0 radical (unpaired) electrons. The third-order valence-corrected chi connectivity index (χ3v) is 1.27. The number of nitrogens with two attached hydrogens (primary N) is 1. The van der Waals surface area contributed by atoms with Crippen LogP contribution in [0.15, 0.2) is 12.4 Å². The van der Waals surface area contributed by atoms with Crippen molar-refractivity contribution in [1.82, 2.24) is 9.94 Å². The predicted molar refractivity (Wildman–Crippen MR) is 41.1 cm³/mol. The number of amides is 1. The van der Waals surface area contributed by atoms with Crippen LogP contribution in [0.2, 0.25) is 0 Å². The summed E-state index contributed by atoms with van der Waals surface area (Å²) in [6.45, 7) is 0. The van der Waals surface area contributed by atoms with E-state index in [0.29, 0.717) is 0 Å². The van der Waals surface area contributed by atoms with Gasteiger partial charge in [-0.2, -0.15) is 0 Å². The van der Waals surface area contributed by atoms with Crippen molar-refractivity contribution in [1.29, 1.82) is 0 Å². The number of nitrogens with zero attached hydrogens (tertiary/aromatic N) is 2. The van der Waals surface area contributed by atoms with Gasteiger partial charge in [-0.3, -0.25) is 4.84 Å². The van der Waals surface area contributed by atoms with Crippen LogP contribution < -0.4 is 10.6 Å². The lowest BCUT2D eigenvalue weighted by molar-refractivity contribution is 0.125. The number of halogens is 1. The first-order chi connectivity index (χ1) is 4.68. The molecule has 0 spiro atoms. The molecule has 54 valence electrons. The van der Waals surface area contributed by atoms with E-state index in [1.54, 1.807) is 6.20 Å². The Hall–Kier alpha value is -0.790. The Morgan fingerprint density at radius 3 is 3.00 bits per heavy atom. The molecule has 1 aromatic heterocycles. The molecule has 0 aromatic carbocycles. The molecule has 0 unspecified atom stereocenters. The van der Waals surface area contributed by atoms with Gasteiger partial charge in [0.25, 0.3) is 0 Å². The summed E-state index contributed by atoms with van der Waals surface area (Å²) in [5.41, 5.74) is 4.71. The summed E-state index contributed by atoms with van der Waals surface area (Å²) in [7, 11) is 0. The summed E-state index contributed by atoms with van der Waals surface area (Å²) in [6.07, 6.45) is 2.20. The highest BCUT2D eigenvalue weighted by atomic mass is 127. The number of carbonyl (C=O) groups is 1. The van der Waals surface area contributed by atoms with Gasteiger partial charge in [0.15, 0.2) is 0 Å². The summed E-state index contributed by atoms with van der Waals surface area (Å²) in [4.78, 5) is 15.5. The van der Waals surface area contributed by atoms with E-state index in [1.807, 2.05) is 22.6 Å². The van der Waals surface area contributed by atoms with Crippen molar-refractivity contribution < 1.29 is 9.63 Å². The second-order valence-electron chi connectivity index (χ2n) is 1.47. The SMILES string of the molecule is NC(=O)On1cc(I)cn1. The fourth-order valence-electron chi connectivity index (χ4n) is 0.426. The molecule has 0 bridgehead atoms. The van der Waals surface area contributed by atoms with Crippen LogP contribution in [-0.4, -0.2) is 16.0 Å². The highest BCUT2D eigenvalue weighted by molar-refractivity contribution is 14.1. The molecule has 6 heteroatoms. The summed E-state index contributed by atoms with van der Waals surface area (Å²) < 4.78 is 0.874. The first kappa shape index (κ1) is 7.32. The van der Waals surface area contributed by atoms with Crippen molar-refractivity contribution in [3.8, 4) is 0 Å². The quantitative estimate of drug-likeness (QED) is 0.716. The Kier molecular flexibility index (Phi) is 2.10. The van der Waals surface area contributed by atoms with Crippen molar-refractivity contribution in [2.45, 2.75) is 0 Å². The molecule has 0 atom stereocenters. The van der Waals surface area contributed by atoms with Crippen molar-refractivity contribution in [2.24, 2.45) is 5.73 Å². The smallest absolute Gasteiger partial charge is 0.333 e. The zero-order valence-electron chi connectivity index (χ0n) is 4.82. The molecule has 0 saturated carbocycles. The third-order valence-electron chi connectivity index (χ3n) is 0.712. The molecular weight excluding hydrogens is 249 g/mol. The molecule has 2 N–H and O–H groups in total. The Bertz CT molecular complexity index is 246. The number of aromatic nitrogens is 2. The maximum Gasteiger partial charge on any atom is 0.430 e. The van der Waals surface area contributed by atoms with Crippen molar-refractivity contribution in [3.05, 3.63) is 16.0 Å². The number of hydrogen-bond donors (Lipinski definition) is 1. The molecule has 0 aliphatic heterocycles. The van der Waals surface area contributed by atoms with E-state index in [2.05, 4.69) is 9.94 Å². The fraction of sp³-hybridized carbons (Fsp3) is 0. The molecule has 1 amide bonds. The van der Waals surface area contributed by atoms with E-state index >= 15 is 0 Å². The molecule has 0 fully saturated rings. The standard InChI is InChI=1S/C4H4IN3O2/c5-3-1-7-8(2-3)10-4(6)9/h1-2H,(H2,6,9). The van der Waals surface area contributed by atoms with E-state index in [1.165, 1.54) is 6.20 Å². The van der Waals surface area contributed by atoms with Crippen molar-refractivity contribution >= 4 is 28.7 Å². The average molecular weight is 253 g/mol. The lowest BCUT2D eigenvalue weighted by Gasteiger charge is -1.94. The van der Waals surface area contributed by atoms with Gasteiger partial charge in [-0.05, 0) is 22.6 Å². The summed E-state index contributed by atoms with van der Waals surface area (Å²) in [5.74, 6) is 0.